The van der Waals surface area contributed by atoms with Crippen molar-refractivity contribution in [2.45, 2.75) is 57.8 Å². The van der Waals surface area contributed by atoms with E-state index in [2.05, 4.69) is 248 Å². The van der Waals surface area contributed by atoms with Gasteiger partial charge in [0.2, 0.25) is 0 Å². The maximum absolute atomic E-state index is 2.50. The van der Waals surface area contributed by atoms with Gasteiger partial charge < -0.3 is 9.47 Å². The molecule has 0 N–H and O–H groups in total. The molecule has 340 valence electrons. The summed E-state index contributed by atoms with van der Waals surface area (Å²) in [5.41, 5.74) is 16.2. The van der Waals surface area contributed by atoms with Gasteiger partial charge >= 0.3 is 0 Å². The molecule has 1 heterocycles. The number of fused-ring (bicyclic) bond motifs is 9. The molecule has 11 aromatic rings. The highest BCUT2D eigenvalue weighted by molar-refractivity contribution is 6.18. The maximum atomic E-state index is 2.50. The molecule has 0 unspecified atom stereocenters. The number of rotatable bonds is 8. The van der Waals surface area contributed by atoms with Crippen molar-refractivity contribution in [1.82, 2.24) is 4.57 Å². The average Bonchev–Trinajstić information content (AvgIpc) is 3.55. The van der Waals surface area contributed by atoms with Crippen LogP contribution in [0.3, 0.4) is 0 Å². The summed E-state index contributed by atoms with van der Waals surface area (Å²) in [5, 5.41) is 7.57. The number of benzene rings is 10. The molecular formula is C68H58N2. The van der Waals surface area contributed by atoms with E-state index in [4.69, 9.17) is 0 Å². The Labute approximate surface area is 412 Å². The molecule has 2 heteroatoms. The molecule has 0 saturated heterocycles. The topological polar surface area (TPSA) is 8.17 Å². The molecule has 2 bridgehead atoms. The van der Waals surface area contributed by atoms with Crippen molar-refractivity contribution in [1.29, 1.82) is 0 Å². The van der Waals surface area contributed by atoms with Crippen molar-refractivity contribution in [2.75, 3.05) is 4.90 Å². The fourth-order valence-electron chi connectivity index (χ4n) is 13.2. The second kappa shape index (κ2) is 17.4. The molecule has 70 heavy (non-hydrogen) atoms. The SMILES string of the molecule is C[C@H]1CC2CCC(c3ccc(-c4ccc(N(c5ccc(-c6cccc(-n7c8ccccc8c8ccc9ccccc9c87)c6)cc5)c5ccc(-c6ccc7ccccc7c6)cc5)cc4)cc3)(C1)C[C@@H](C)C2. The first-order valence-electron chi connectivity index (χ1n) is 25.7. The predicted octanol–water partition coefficient (Wildman–Crippen LogP) is 19.1. The summed E-state index contributed by atoms with van der Waals surface area (Å²) >= 11 is 0. The van der Waals surface area contributed by atoms with Crippen LogP contribution in [0.4, 0.5) is 17.1 Å². The molecule has 10 aromatic carbocycles. The van der Waals surface area contributed by atoms with Crippen molar-refractivity contribution in [3.8, 4) is 39.1 Å². The van der Waals surface area contributed by atoms with Crippen LogP contribution in [0.1, 0.15) is 57.9 Å². The van der Waals surface area contributed by atoms with Crippen LogP contribution in [-0.4, -0.2) is 4.57 Å². The molecule has 1 aromatic heterocycles. The molecule has 0 radical (unpaired) electrons. The summed E-state index contributed by atoms with van der Waals surface area (Å²) in [5.74, 6) is 2.50. The lowest BCUT2D eigenvalue weighted by molar-refractivity contribution is 0.234. The first kappa shape index (κ1) is 42.4. The van der Waals surface area contributed by atoms with E-state index in [9.17, 15) is 0 Å². The monoisotopic (exact) mass is 902 g/mol. The highest BCUT2D eigenvalue weighted by Gasteiger charge is 2.41. The normalized spacial score (nSPS) is 19.1. The van der Waals surface area contributed by atoms with Gasteiger partial charge in [-0.2, -0.15) is 0 Å². The number of hydrogen-bond acceptors (Lipinski definition) is 1. The van der Waals surface area contributed by atoms with Gasteiger partial charge in [0.1, 0.15) is 0 Å². The third-order valence-electron chi connectivity index (χ3n) is 16.3. The summed E-state index contributed by atoms with van der Waals surface area (Å²) in [6.07, 6.45) is 8.19. The number of anilines is 3. The highest BCUT2D eigenvalue weighted by Crippen LogP contribution is 2.51. The lowest BCUT2D eigenvalue weighted by Gasteiger charge is -2.38. The van der Waals surface area contributed by atoms with Crippen LogP contribution in [0.5, 0.6) is 0 Å². The third-order valence-corrected chi connectivity index (χ3v) is 16.3. The van der Waals surface area contributed by atoms with Gasteiger partial charge in [-0.05, 0) is 177 Å². The zero-order valence-electron chi connectivity index (χ0n) is 40.2. The molecule has 2 aliphatic carbocycles. The van der Waals surface area contributed by atoms with Crippen LogP contribution in [0.2, 0.25) is 0 Å². The molecule has 2 aliphatic rings. The van der Waals surface area contributed by atoms with Crippen LogP contribution in [0, 0.1) is 17.8 Å². The highest BCUT2D eigenvalue weighted by atomic mass is 15.1. The first-order valence-corrected chi connectivity index (χ1v) is 25.7. The Bertz CT molecular complexity index is 3680. The van der Waals surface area contributed by atoms with E-state index in [0.29, 0.717) is 5.41 Å². The van der Waals surface area contributed by atoms with Crippen molar-refractivity contribution in [2.24, 2.45) is 17.8 Å². The summed E-state index contributed by atoms with van der Waals surface area (Å²) in [7, 11) is 0. The van der Waals surface area contributed by atoms with E-state index in [-0.39, 0.29) is 0 Å². The quantitative estimate of drug-likeness (QED) is 0.147. The Morgan fingerprint density at radius 2 is 0.929 bits per heavy atom. The standard InChI is InChI=1S/C68H58N2/c1-46-40-48-38-39-68(44-46,45-47(2)41-48)58-29-20-50(21-30-58)51-22-31-59(32-23-51)69(61-35-26-53(27-36-61)57-19-18-49-10-3-4-12-55(49)42-57)60-33-24-52(25-34-60)56-13-9-14-62(43-56)70-66-17-8-7-16-64(66)65-37-28-54-11-5-6-15-63(54)67(65)70/h3-37,42-43,46-48H,38-41,44-45H2,1-2H3/t46-,47-,48?,68?/m0/s1. The fourth-order valence-corrected chi connectivity index (χ4v) is 13.2. The molecule has 0 amide bonds. The van der Waals surface area contributed by atoms with Crippen LogP contribution in [0.25, 0.3) is 82.4 Å². The molecule has 0 aliphatic heterocycles. The van der Waals surface area contributed by atoms with Gasteiger partial charge in [-0.3, -0.25) is 0 Å². The second-order valence-electron chi connectivity index (χ2n) is 21.0. The Balaban J connectivity index is 0.847. The average molecular weight is 903 g/mol. The van der Waals surface area contributed by atoms with E-state index in [0.717, 1.165) is 40.5 Å². The van der Waals surface area contributed by atoms with Gasteiger partial charge in [-0.25, -0.2) is 0 Å². The summed E-state index contributed by atoms with van der Waals surface area (Å²) in [6.45, 7) is 5.01. The molecule has 2 saturated carbocycles. The van der Waals surface area contributed by atoms with Crippen LogP contribution >= 0.6 is 0 Å². The Morgan fingerprint density at radius 1 is 0.414 bits per heavy atom. The third kappa shape index (κ3) is 7.58. The minimum absolute atomic E-state index is 0.316. The van der Waals surface area contributed by atoms with Gasteiger partial charge in [0.05, 0.1) is 11.0 Å². The van der Waals surface area contributed by atoms with Crippen LogP contribution < -0.4 is 4.90 Å². The lowest BCUT2D eigenvalue weighted by atomic mass is 9.67. The van der Waals surface area contributed by atoms with Crippen LogP contribution in [0.15, 0.2) is 224 Å². The van der Waals surface area contributed by atoms with Gasteiger partial charge in [0, 0.05) is 38.9 Å². The van der Waals surface area contributed by atoms with Gasteiger partial charge in [0.15, 0.2) is 0 Å². The van der Waals surface area contributed by atoms with Crippen LogP contribution in [-0.2, 0) is 5.41 Å². The fraction of sp³-hybridized carbons (Fsp3) is 0.176. The predicted molar refractivity (Wildman–Crippen MR) is 298 cm³/mol. The Morgan fingerprint density at radius 3 is 1.59 bits per heavy atom. The van der Waals surface area contributed by atoms with E-state index in [1.807, 2.05) is 0 Å². The second-order valence-corrected chi connectivity index (χ2v) is 21.0. The van der Waals surface area contributed by atoms with E-state index in [1.165, 1.54) is 115 Å². The smallest absolute Gasteiger partial charge is 0.0619 e. The van der Waals surface area contributed by atoms with Crippen molar-refractivity contribution < 1.29 is 0 Å². The van der Waals surface area contributed by atoms with Gasteiger partial charge in [-0.15, -0.1) is 0 Å². The number of hydrogen-bond donors (Lipinski definition) is 0. The largest absolute Gasteiger partial charge is 0.311 e. The molecule has 2 fully saturated rings. The molecular weight excluding hydrogens is 845 g/mol. The molecule has 13 rings (SSSR count). The number of para-hydroxylation sites is 1. The van der Waals surface area contributed by atoms with Gasteiger partial charge in [-0.1, -0.05) is 178 Å². The molecule has 2 nitrogen and oxygen atoms in total. The summed E-state index contributed by atoms with van der Waals surface area (Å²) in [4.78, 5) is 2.40. The van der Waals surface area contributed by atoms with E-state index in [1.54, 1.807) is 5.56 Å². The van der Waals surface area contributed by atoms with E-state index >= 15 is 0 Å². The maximum Gasteiger partial charge on any atom is 0.0619 e. The number of aromatic nitrogens is 1. The zero-order valence-corrected chi connectivity index (χ0v) is 40.2. The minimum Gasteiger partial charge on any atom is -0.311 e. The van der Waals surface area contributed by atoms with Crippen molar-refractivity contribution in [3.63, 3.8) is 0 Å². The Kier molecular flexibility index (Phi) is 10.5. The summed E-state index contributed by atoms with van der Waals surface area (Å²) < 4.78 is 2.45. The van der Waals surface area contributed by atoms with Gasteiger partial charge in [0.25, 0.3) is 0 Å². The lowest BCUT2D eigenvalue weighted by Crippen LogP contribution is -2.30. The first-order chi connectivity index (χ1) is 34.4. The minimum atomic E-state index is 0.316. The number of nitrogens with zero attached hydrogens (tertiary/aromatic N) is 2. The van der Waals surface area contributed by atoms with Crippen molar-refractivity contribution >= 4 is 60.4 Å². The summed E-state index contributed by atoms with van der Waals surface area (Å²) in [6, 6.07) is 83.6. The van der Waals surface area contributed by atoms with Crippen molar-refractivity contribution in [3.05, 3.63) is 230 Å². The molecule has 0 spiro atoms. The zero-order chi connectivity index (χ0) is 46.8. The van der Waals surface area contributed by atoms with E-state index < -0.39 is 0 Å². The molecule has 2 atom stereocenters. The Hall–Kier alpha value is -7.68.